The molecule has 6 heteroatoms. The van der Waals surface area contributed by atoms with Gasteiger partial charge in [-0.15, -0.1) is 0 Å². The summed E-state index contributed by atoms with van der Waals surface area (Å²) in [5.74, 6) is -0.412. The molecule has 0 aliphatic rings. The van der Waals surface area contributed by atoms with E-state index in [1.165, 1.54) is 0 Å². The third-order valence-electron chi connectivity index (χ3n) is 1.31. The zero-order valence-corrected chi connectivity index (χ0v) is 7.47. The number of nitrogens with zero attached hydrogens (tertiary/aromatic N) is 1. The Labute approximate surface area is 77.1 Å². The third-order valence-corrected chi connectivity index (χ3v) is 1.31. The molecule has 6 nitrogen and oxygen atoms in total. The topological polar surface area (TPSA) is 103 Å². The lowest BCUT2D eigenvalue weighted by atomic mass is 10.4. The van der Waals surface area contributed by atoms with E-state index < -0.39 is 5.91 Å². The van der Waals surface area contributed by atoms with Crippen molar-refractivity contribution >= 4 is 5.91 Å². The van der Waals surface area contributed by atoms with Gasteiger partial charge in [0.25, 0.3) is 5.91 Å². The van der Waals surface area contributed by atoms with Gasteiger partial charge in [-0.1, -0.05) is 6.58 Å². The molecule has 5 N–H and O–H groups in total. The minimum atomic E-state index is -0.412. The molecule has 0 spiro atoms. The molecule has 0 aromatic heterocycles. The van der Waals surface area contributed by atoms with Crippen molar-refractivity contribution in [3.8, 4) is 0 Å². The molecule has 74 valence electrons. The molecule has 0 radical (unpaired) electrons. The summed E-state index contributed by atoms with van der Waals surface area (Å²) in [6.45, 7) is 5.70. The number of amides is 1. The summed E-state index contributed by atoms with van der Waals surface area (Å²) in [4.78, 5) is 10.9. The van der Waals surface area contributed by atoms with Crippen LogP contribution in [0, 0.1) is 5.53 Å². The monoisotopic (exact) mass is 185 g/mol. The standard InChI is InChI=1S/C7H15N5O/c1-6(12-9)7(13)11-5-4-10-3-2-8/h9-10H,1-5,8H2,(H,11,13). The molecule has 0 aliphatic carbocycles. The van der Waals surface area contributed by atoms with E-state index >= 15 is 0 Å². The van der Waals surface area contributed by atoms with Crippen LogP contribution in [0.3, 0.4) is 0 Å². The molecule has 0 rings (SSSR count). The fourth-order valence-corrected chi connectivity index (χ4v) is 0.644. The molecular formula is C7H15N5O. The van der Waals surface area contributed by atoms with E-state index in [4.69, 9.17) is 11.3 Å². The van der Waals surface area contributed by atoms with Crippen LogP contribution in [-0.2, 0) is 4.79 Å². The second-order valence-corrected chi connectivity index (χ2v) is 2.35. The van der Waals surface area contributed by atoms with Gasteiger partial charge in [0, 0.05) is 26.2 Å². The maximum absolute atomic E-state index is 10.9. The van der Waals surface area contributed by atoms with E-state index in [1.807, 2.05) is 0 Å². The van der Waals surface area contributed by atoms with Crippen molar-refractivity contribution in [2.75, 3.05) is 26.2 Å². The van der Waals surface area contributed by atoms with E-state index in [0.29, 0.717) is 19.6 Å². The van der Waals surface area contributed by atoms with Crippen LogP contribution < -0.4 is 16.4 Å². The average Bonchev–Trinajstić information content (AvgIpc) is 2.16. The molecule has 0 fully saturated rings. The predicted octanol–water partition coefficient (Wildman–Crippen LogP) is -0.804. The van der Waals surface area contributed by atoms with Gasteiger partial charge in [-0.3, -0.25) is 4.79 Å². The van der Waals surface area contributed by atoms with Crippen molar-refractivity contribution < 1.29 is 4.79 Å². The molecule has 1 amide bonds. The fourth-order valence-electron chi connectivity index (χ4n) is 0.644. The minimum Gasteiger partial charge on any atom is -0.349 e. The Morgan fingerprint density at radius 1 is 1.46 bits per heavy atom. The van der Waals surface area contributed by atoms with Crippen LogP contribution in [-0.4, -0.2) is 32.1 Å². The lowest BCUT2D eigenvalue weighted by Gasteiger charge is -2.04. The Morgan fingerprint density at radius 3 is 2.69 bits per heavy atom. The molecule has 0 saturated carbocycles. The van der Waals surface area contributed by atoms with Gasteiger partial charge in [-0.25, -0.2) is 5.53 Å². The van der Waals surface area contributed by atoms with Crippen LogP contribution in [0.15, 0.2) is 17.4 Å². The van der Waals surface area contributed by atoms with Crippen molar-refractivity contribution in [3.63, 3.8) is 0 Å². The summed E-state index contributed by atoms with van der Waals surface area (Å²) in [7, 11) is 0. The Hall–Kier alpha value is -1.27. The average molecular weight is 185 g/mol. The van der Waals surface area contributed by atoms with Gasteiger partial charge < -0.3 is 16.4 Å². The van der Waals surface area contributed by atoms with E-state index in [0.717, 1.165) is 6.54 Å². The van der Waals surface area contributed by atoms with E-state index in [2.05, 4.69) is 22.3 Å². The smallest absolute Gasteiger partial charge is 0.271 e. The van der Waals surface area contributed by atoms with Gasteiger partial charge in [0.2, 0.25) is 0 Å². The fraction of sp³-hybridized carbons (Fsp3) is 0.571. The number of rotatable bonds is 7. The van der Waals surface area contributed by atoms with Gasteiger partial charge in [-0.2, -0.15) is 5.11 Å². The Balaban J connectivity index is 3.37. The Morgan fingerprint density at radius 2 is 2.15 bits per heavy atom. The minimum absolute atomic E-state index is 0.0844. The summed E-state index contributed by atoms with van der Waals surface area (Å²) in [5.41, 5.74) is 11.7. The molecule has 13 heavy (non-hydrogen) atoms. The maximum Gasteiger partial charge on any atom is 0.271 e. The van der Waals surface area contributed by atoms with E-state index in [1.54, 1.807) is 0 Å². The number of nitrogens with one attached hydrogen (secondary N) is 3. The second kappa shape index (κ2) is 7.38. The predicted molar refractivity (Wildman–Crippen MR) is 49.2 cm³/mol. The number of hydrogen-bond acceptors (Lipinski definition) is 5. The highest BCUT2D eigenvalue weighted by molar-refractivity contribution is 5.92. The van der Waals surface area contributed by atoms with E-state index in [9.17, 15) is 4.79 Å². The Kier molecular flexibility index (Phi) is 6.66. The van der Waals surface area contributed by atoms with Gasteiger partial charge in [0.1, 0.15) is 5.70 Å². The van der Waals surface area contributed by atoms with Crippen LogP contribution in [0.1, 0.15) is 0 Å². The highest BCUT2D eigenvalue weighted by Gasteiger charge is 2.02. The normalized spacial score (nSPS) is 9.31. The molecule has 0 heterocycles. The first kappa shape index (κ1) is 11.7. The van der Waals surface area contributed by atoms with Crippen molar-refractivity contribution in [1.82, 2.24) is 10.6 Å². The quantitative estimate of drug-likeness (QED) is 0.237. The zero-order valence-electron chi connectivity index (χ0n) is 7.47. The van der Waals surface area contributed by atoms with Crippen LogP contribution in [0.25, 0.3) is 0 Å². The highest BCUT2D eigenvalue weighted by atomic mass is 16.2. The van der Waals surface area contributed by atoms with Crippen molar-refractivity contribution in [2.24, 2.45) is 10.8 Å². The summed E-state index contributed by atoms with van der Waals surface area (Å²) < 4.78 is 0. The zero-order chi connectivity index (χ0) is 10.1. The summed E-state index contributed by atoms with van der Waals surface area (Å²) in [6, 6.07) is 0. The summed E-state index contributed by atoms with van der Waals surface area (Å²) >= 11 is 0. The van der Waals surface area contributed by atoms with Crippen LogP contribution >= 0.6 is 0 Å². The Bertz CT molecular complexity index is 191. The van der Waals surface area contributed by atoms with Gasteiger partial charge in [-0.05, 0) is 0 Å². The lowest BCUT2D eigenvalue weighted by molar-refractivity contribution is -0.117. The largest absolute Gasteiger partial charge is 0.349 e. The molecule has 0 bridgehead atoms. The molecule has 0 atom stereocenters. The molecular weight excluding hydrogens is 170 g/mol. The maximum atomic E-state index is 10.9. The number of hydrogen-bond donors (Lipinski definition) is 4. The second-order valence-electron chi connectivity index (χ2n) is 2.35. The number of carbonyl (C=O) groups excluding carboxylic acids is 1. The molecule has 0 saturated heterocycles. The van der Waals surface area contributed by atoms with Gasteiger partial charge >= 0.3 is 0 Å². The van der Waals surface area contributed by atoms with Gasteiger partial charge in [0.05, 0.1) is 0 Å². The lowest BCUT2D eigenvalue weighted by Crippen LogP contribution is -2.34. The van der Waals surface area contributed by atoms with Crippen LogP contribution in [0.2, 0.25) is 0 Å². The third kappa shape index (κ3) is 5.94. The van der Waals surface area contributed by atoms with E-state index in [-0.39, 0.29) is 5.70 Å². The summed E-state index contributed by atoms with van der Waals surface area (Å²) in [6.07, 6.45) is 0. The highest BCUT2D eigenvalue weighted by Crippen LogP contribution is 1.88. The molecule has 0 aromatic carbocycles. The first-order chi connectivity index (χ1) is 6.22. The van der Waals surface area contributed by atoms with Crippen LogP contribution in [0.5, 0.6) is 0 Å². The van der Waals surface area contributed by atoms with Crippen LogP contribution in [0.4, 0.5) is 0 Å². The summed E-state index contributed by atoms with van der Waals surface area (Å²) in [5, 5.41) is 8.44. The molecule has 0 aliphatic heterocycles. The van der Waals surface area contributed by atoms with Crippen molar-refractivity contribution in [3.05, 3.63) is 12.3 Å². The molecule has 0 unspecified atom stereocenters. The first-order valence-corrected chi connectivity index (χ1v) is 3.97. The first-order valence-electron chi connectivity index (χ1n) is 3.97. The van der Waals surface area contributed by atoms with Crippen molar-refractivity contribution in [2.45, 2.75) is 0 Å². The molecule has 0 aromatic rings. The van der Waals surface area contributed by atoms with Crippen molar-refractivity contribution in [1.29, 1.82) is 5.53 Å². The number of carbonyl (C=O) groups is 1. The number of nitrogens with two attached hydrogens (primary N) is 1. The van der Waals surface area contributed by atoms with Gasteiger partial charge in [0.15, 0.2) is 0 Å². The SMILES string of the molecule is C=C(N=N)C(=O)NCCNCCN.